The molecule has 18 heavy (non-hydrogen) atoms. The number of hydrogen-bond acceptors (Lipinski definition) is 5. The molecule has 0 amide bonds. The highest BCUT2D eigenvalue weighted by atomic mass is 32.1. The van der Waals surface area contributed by atoms with E-state index in [0.29, 0.717) is 16.4 Å². The van der Waals surface area contributed by atoms with Gasteiger partial charge >= 0.3 is 0 Å². The number of hydrogen-bond donors (Lipinski definition) is 1. The highest BCUT2D eigenvalue weighted by Crippen LogP contribution is 2.28. The topological polar surface area (TPSA) is 65.9 Å². The van der Waals surface area contributed by atoms with Crippen LogP contribution in [0.1, 0.15) is 18.1 Å². The van der Waals surface area contributed by atoms with Crippen LogP contribution < -0.4 is 10.6 Å². The maximum absolute atomic E-state index is 9.11. The van der Waals surface area contributed by atoms with Gasteiger partial charge in [0, 0.05) is 13.1 Å². The van der Waals surface area contributed by atoms with E-state index in [2.05, 4.69) is 27.5 Å². The smallest absolute Gasteiger partial charge is 0.162 e. The van der Waals surface area contributed by atoms with Crippen molar-refractivity contribution in [2.75, 3.05) is 17.2 Å². The van der Waals surface area contributed by atoms with Crippen LogP contribution in [0.15, 0.2) is 30.3 Å². The van der Waals surface area contributed by atoms with Crippen LogP contribution in [0.25, 0.3) is 0 Å². The zero-order valence-corrected chi connectivity index (χ0v) is 10.9. The van der Waals surface area contributed by atoms with Gasteiger partial charge in [-0.25, -0.2) is 0 Å². The summed E-state index contributed by atoms with van der Waals surface area (Å²) in [6.45, 7) is 3.56. The molecule has 0 radical (unpaired) electrons. The molecule has 0 bridgehead atoms. The Hall–Kier alpha value is -2.06. The molecule has 5 heteroatoms. The van der Waals surface area contributed by atoms with Gasteiger partial charge in [0.15, 0.2) is 5.82 Å². The van der Waals surface area contributed by atoms with Crippen LogP contribution in [0.4, 0.5) is 10.8 Å². The second-order valence-electron chi connectivity index (χ2n) is 3.86. The first-order valence-corrected chi connectivity index (χ1v) is 6.47. The number of aromatic nitrogens is 1. The summed E-state index contributed by atoms with van der Waals surface area (Å²) in [5, 5.41) is 9.59. The van der Waals surface area contributed by atoms with E-state index < -0.39 is 0 Å². The van der Waals surface area contributed by atoms with Crippen molar-refractivity contribution in [2.45, 2.75) is 13.5 Å². The fourth-order valence-electron chi connectivity index (χ4n) is 1.76. The zero-order valence-electron chi connectivity index (χ0n) is 10.1. The number of nitriles is 1. The molecule has 0 unspecified atom stereocenters. The van der Waals surface area contributed by atoms with Crippen molar-refractivity contribution in [1.29, 1.82) is 5.26 Å². The van der Waals surface area contributed by atoms with Crippen molar-refractivity contribution in [2.24, 2.45) is 0 Å². The minimum atomic E-state index is 0.484. The summed E-state index contributed by atoms with van der Waals surface area (Å²) in [6.07, 6.45) is 0. The van der Waals surface area contributed by atoms with Crippen LogP contribution in [-0.4, -0.2) is 10.9 Å². The average Bonchev–Trinajstić information content (AvgIpc) is 2.78. The number of benzene rings is 1. The highest BCUT2D eigenvalue weighted by Gasteiger charge is 2.16. The Bertz CT molecular complexity index is 556. The maximum Gasteiger partial charge on any atom is 0.162 e. The van der Waals surface area contributed by atoms with E-state index in [1.165, 1.54) is 17.1 Å². The molecular weight excluding hydrogens is 244 g/mol. The monoisotopic (exact) mass is 258 g/mol. The van der Waals surface area contributed by atoms with E-state index in [1.807, 2.05) is 25.1 Å². The molecule has 0 spiro atoms. The minimum Gasteiger partial charge on any atom is -0.388 e. The number of nitrogen functional groups attached to an aromatic ring is 1. The van der Waals surface area contributed by atoms with E-state index >= 15 is 0 Å². The van der Waals surface area contributed by atoms with Gasteiger partial charge in [0.25, 0.3) is 0 Å². The van der Waals surface area contributed by atoms with Gasteiger partial charge in [0.05, 0.1) is 0 Å². The van der Waals surface area contributed by atoms with Crippen molar-refractivity contribution < 1.29 is 0 Å². The number of nitrogens with zero attached hydrogens (tertiary/aromatic N) is 3. The maximum atomic E-state index is 9.11. The zero-order chi connectivity index (χ0) is 13.0. The van der Waals surface area contributed by atoms with Crippen molar-refractivity contribution in [3.63, 3.8) is 0 Å². The molecule has 92 valence electrons. The Labute approximate surface area is 110 Å². The number of anilines is 2. The van der Waals surface area contributed by atoms with Crippen LogP contribution in [0.2, 0.25) is 0 Å². The molecule has 0 aliphatic heterocycles. The molecule has 2 aromatic rings. The standard InChI is InChI=1S/C13H14N4S/c1-2-17(9-10-6-4-3-5-7-10)13-11(8-14)12(15)18-16-13/h3-7H,2,9,15H2,1H3. The van der Waals surface area contributed by atoms with Gasteiger partial charge < -0.3 is 10.6 Å². The first kappa shape index (κ1) is 12.4. The molecule has 0 aliphatic carbocycles. The molecule has 0 fully saturated rings. The van der Waals surface area contributed by atoms with E-state index in [-0.39, 0.29) is 0 Å². The Morgan fingerprint density at radius 2 is 2.11 bits per heavy atom. The third kappa shape index (κ3) is 2.44. The third-order valence-corrected chi connectivity index (χ3v) is 3.37. The van der Waals surface area contributed by atoms with Gasteiger partial charge in [0.1, 0.15) is 16.6 Å². The predicted molar refractivity (Wildman–Crippen MR) is 74.4 cm³/mol. The van der Waals surface area contributed by atoms with Crippen molar-refractivity contribution in [1.82, 2.24) is 4.37 Å². The van der Waals surface area contributed by atoms with Gasteiger partial charge in [-0.3, -0.25) is 0 Å². The highest BCUT2D eigenvalue weighted by molar-refractivity contribution is 7.10. The number of rotatable bonds is 4. The fraction of sp³-hybridized carbons (Fsp3) is 0.231. The summed E-state index contributed by atoms with van der Waals surface area (Å²) in [4.78, 5) is 2.06. The Kier molecular flexibility index (Phi) is 3.80. The lowest BCUT2D eigenvalue weighted by Crippen LogP contribution is -2.23. The van der Waals surface area contributed by atoms with Crippen LogP contribution in [0, 0.1) is 11.3 Å². The average molecular weight is 258 g/mol. The number of nitrogens with two attached hydrogens (primary N) is 1. The SMILES string of the molecule is CCN(Cc1ccccc1)c1nsc(N)c1C#N. The second kappa shape index (κ2) is 5.52. The van der Waals surface area contributed by atoms with Crippen molar-refractivity contribution in [3.8, 4) is 6.07 Å². The Morgan fingerprint density at radius 3 is 2.72 bits per heavy atom. The minimum absolute atomic E-state index is 0.484. The van der Waals surface area contributed by atoms with Gasteiger partial charge in [-0.1, -0.05) is 30.3 Å². The second-order valence-corrected chi connectivity index (χ2v) is 4.66. The molecule has 1 heterocycles. The van der Waals surface area contributed by atoms with Crippen LogP contribution in [0.5, 0.6) is 0 Å². The molecule has 2 rings (SSSR count). The molecule has 4 nitrogen and oxygen atoms in total. The lowest BCUT2D eigenvalue weighted by Gasteiger charge is -2.20. The van der Waals surface area contributed by atoms with E-state index in [1.54, 1.807) is 0 Å². The van der Waals surface area contributed by atoms with Gasteiger partial charge in [-0.2, -0.15) is 9.64 Å². The third-order valence-electron chi connectivity index (χ3n) is 2.71. The first-order chi connectivity index (χ1) is 8.76. The van der Waals surface area contributed by atoms with Gasteiger partial charge in [0.2, 0.25) is 0 Å². The summed E-state index contributed by atoms with van der Waals surface area (Å²) in [5.74, 6) is 0.686. The van der Waals surface area contributed by atoms with E-state index in [0.717, 1.165) is 13.1 Å². The Morgan fingerprint density at radius 1 is 1.39 bits per heavy atom. The van der Waals surface area contributed by atoms with Crippen LogP contribution in [-0.2, 0) is 6.54 Å². The van der Waals surface area contributed by atoms with Crippen molar-refractivity contribution >= 4 is 22.4 Å². The normalized spacial score (nSPS) is 10.0. The van der Waals surface area contributed by atoms with E-state index in [4.69, 9.17) is 11.0 Å². The molecule has 2 N–H and O–H groups in total. The molecule has 0 aliphatic rings. The molecule has 0 saturated carbocycles. The summed E-state index contributed by atoms with van der Waals surface area (Å²) in [6, 6.07) is 12.2. The fourth-order valence-corrected chi connectivity index (χ4v) is 2.37. The van der Waals surface area contributed by atoms with Crippen LogP contribution in [0.3, 0.4) is 0 Å². The molecule has 0 saturated heterocycles. The predicted octanol–water partition coefficient (Wildman–Crippen LogP) is 2.62. The lowest BCUT2D eigenvalue weighted by molar-refractivity contribution is 0.820. The largest absolute Gasteiger partial charge is 0.388 e. The van der Waals surface area contributed by atoms with E-state index in [9.17, 15) is 0 Å². The van der Waals surface area contributed by atoms with Crippen LogP contribution >= 0.6 is 11.5 Å². The molecular formula is C13H14N4S. The quantitative estimate of drug-likeness (QED) is 0.915. The lowest BCUT2D eigenvalue weighted by atomic mass is 10.2. The molecule has 0 atom stereocenters. The van der Waals surface area contributed by atoms with Crippen molar-refractivity contribution in [3.05, 3.63) is 41.5 Å². The summed E-state index contributed by atoms with van der Waals surface area (Å²) in [7, 11) is 0. The molecule has 1 aromatic carbocycles. The molecule has 1 aromatic heterocycles. The first-order valence-electron chi connectivity index (χ1n) is 5.70. The van der Waals surface area contributed by atoms with Gasteiger partial charge in [-0.15, -0.1) is 0 Å². The summed E-state index contributed by atoms with van der Waals surface area (Å²) < 4.78 is 4.27. The summed E-state index contributed by atoms with van der Waals surface area (Å²) >= 11 is 1.17. The van der Waals surface area contributed by atoms with Gasteiger partial charge in [-0.05, 0) is 24.0 Å². The summed E-state index contributed by atoms with van der Waals surface area (Å²) in [5.41, 5.74) is 7.42. The Balaban J connectivity index is 2.27.